The van der Waals surface area contributed by atoms with Crippen LogP contribution in [0.1, 0.15) is 27.7 Å². The van der Waals surface area contributed by atoms with Crippen LogP contribution in [0.25, 0.3) is 0 Å². The molecule has 1 N–H and O–H groups in total. The molecule has 0 aliphatic carbocycles. The molecule has 0 aliphatic rings. The van der Waals surface area contributed by atoms with Gasteiger partial charge in [0.2, 0.25) is 0 Å². The van der Waals surface area contributed by atoms with Crippen molar-refractivity contribution >= 4 is 9.84 Å². The fourth-order valence-electron chi connectivity index (χ4n) is 1.38. The molecule has 15 heavy (non-hydrogen) atoms. The van der Waals surface area contributed by atoms with Crippen LogP contribution in [-0.4, -0.2) is 45.2 Å². The summed E-state index contributed by atoms with van der Waals surface area (Å²) in [4.78, 5) is 0. The third-order valence-electron chi connectivity index (χ3n) is 2.08. The molecule has 0 aromatic rings. The first kappa shape index (κ1) is 14.9. The van der Waals surface area contributed by atoms with Crippen molar-refractivity contribution in [1.82, 2.24) is 5.32 Å². The molecule has 4 nitrogen and oxygen atoms in total. The lowest BCUT2D eigenvalue weighted by Gasteiger charge is -2.19. The molecule has 0 spiro atoms. The second-order valence-electron chi connectivity index (χ2n) is 3.83. The van der Waals surface area contributed by atoms with Gasteiger partial charge in [-0.25, -0.2) is 8.42 Å². The van der Waals surface area contributed by atoms with E-state index in [2.05, 4.69) is 5.32 Å². The third kappa shape index (κ3) is 7.76. The molecule has 0 fully saturated rings. The Bertz CT molecular complexity index is 251. The Kier molecular flexibility index (Phi) is 7.13. The lowest BCUT2D eigenvalue weighted by Crippen LogP contribution is -2.41. The zero-order valence-electron chi connectivity index (χ0n) is 10.1. The van der Waals surface area contributed by atoms with E-state index in [0.29, 0.717) is 13.2 Å². The van der Waals surface area contributed by atoms with Crippen LogP contribution in [0.15, 0.2) is 0 Å². The van der Waals surface area contributed by atoms with Gasteiger partial charge in [-0.05, 0) is 20.8 Å². The van der Waals surface area contributed by atoms with Gasteiger partial charge in [0, 0.05) is 24.4 Å². The molecule has 92 valence electrons. The second-order valence-corrected chi connectivity index (χ2v) is 6.22. The molecule has 0 amide bonds. The van der Waals surface area contributed by atoms with Crippen LogP contribution in [0.4, 0.5) is 0 Å². The lowest BCUT2D eigenvalue weighted by molar-refractivity contribution is 0.125. The molecule has 0 aromatic heterocycles. The normalized spacial score (nSPS) is 16.3. The summed E-state index contributed by atoms with van der Waals surface area (Å²) >= 11 is 0. The summed E-state index contributed by atoms with van der Waals surface area (Å²) in [5, 5.41) is 3.20. The maximum absolute atomic E-state index is 11.3. The Hall–Kier alpha value is -0.130. The third-order valence-corrected chi connectivity index (χ3v) is 3.97. The molecule has 2 atom stereocenters. The van der Waals surface area contributed by atoms with Crippen molar-refractivity contribution in [2.24, 2.45) is 0 Å². The minimum Gasteiger partial charge on any atom is -0.380 e. The molecule has 5 heteroatoms. The van der Waals surface area contributed by atoms with Gasteiger partial charge in [0.1, 0.15) is 0 Å². The van der Waals surface area contributed by atoms with Gasteiger partial charge in [-0.1, -0.05) is 6.92 Å². The van der Waals surface area contributed by atoms with E-state index in [1.807, 2.05) is 20.8 Å². The minimum atomic E-state index is -2.89. The van der Waals surface area contributed by atoms with E-state index in [4.69, 9.17) is 4.74 Å². The standard InChI is InChI=1S/C10H23NO3S/c1-5-14-7-9(3)11-10(4)8-15(12,13)6-2/h9-11H,5-8H2,1-4H3. The highest BCUT2D eigenvalue weighted by atomic mass is 32.2. The van der Waals surface area contributed by atoms with Crippen molar-refractivity contribution in [3.63, 3.8) is 0 Å². The summed E-state index contributed by atoms with van der Waals surface area (Å²) < 4.78 is 27.9. The molecule has 0 heterocycles. The first-order chi connectivity index (χ1) is 6.91. The van der Waals surface area contributed by atoms with Crippen molar-refractivity contribution in [2.45, 2.75) is 39.8 Å². The van der Waals surface area contributed by atoms with Crippen molar-refractivity contribution in [3.8, 4) is 0 Å². The van der Waals surface area contributed by atoms with E-state index in [1.165, 1.54) is 0 Å². The monoisotopic (exact) mass is 237 g/mol. The fourth-order valence-corrected chi connectivity index (χ4v) is 2.47. The van der Waals surface area contributed by atoms with Crippen molar-refractivity contribution in [2.75, 3.05) is 24.7 Å². The van der Waals surface area contributed by atoms with Crippen LogP contribution >= 0.6 is 0 Å². The van der Waals surface area contributed by atoms with Crippen LogP contribution in [0.5, 0.6) is 0 Å². The largest absolute Gasteiger partial charge is 0.380 e. The van der Waals surface area contributed by atoms with Gasteiger partial charge in [0.15, 0.2) is 9.84 Å². The maximum atomic E-state index is 11.3. The number of nitrogens with one attached hydrogen (secondary N) is 1. The van der Waals surface area contributed by atoms with Gasteiger partial charge < -0.3 is 10.1 Å². The van der Waals surface area contributed by atoms with Gasteiger partial charge in [0.05, 0.1) is 12.4 Å². The van der Waals surface area contributed by atoms with Crippen LogP contribution in [-0.2, 0) is 14.6 Å². The molecular formula is C10H23NO3S. The number of sulfone groups is 1. The molecule has 0 aliphatic heterocycles. The molecule has 2 unspecified atom stereocenters. The predicted molar refractivity (Wildman–Crippen MR) is 62.9 cm³/mol. The number of hydrogen-bond acceptors (Lipinski definition) is 4. The van der Waals surface area contributed by atoms with Crippen LogP contribution < -0.4 is 5.32 Å². The SMILES string of the molecule is CCOCC(C)NC(C)CS(=O)(=O)CC. The highest BCUT2D eigenvalue weighted by Crippen LogP contribution is 1.96. The van der Waals surface area contributed by atoms with Crippen LogP contribution in [0.3, 0.4) is 0 Å². The summed E-state index contributed by atoms with van der Waals surface area (Å²) in [6, 6.07) is 0.164. The van der Waals surface area contributed by atoms with E-state index in [1.54, 1.807) is 6.92 Å². The highest BCUT2D eigenvalue weighted by molar-refractivity contribution is 7.91. The predicted octanol–water partition coefficient (Wildman–Crippen LogP) is 0.824. The van der Waals surface area contributed by atoms with Crippen molar-refractivity contribution < 1.29 is 13.2 Å². The van der Waals surface area contributed by atoms with Crippen LogP contribution in [0.2, 0.25) is 0 Å². The summed E-state index contributed by atoms with van der Waals surface area (Å²) in [5.41, 5.74) is 0. The summed E-state index contributed by atoms with van der Waals surface area (Å²) in [6.45, 7) is 8.80. The summed E-state index contributed by atoms with van der Waals surface area (Å²) in [6.07, 6.45) is 0. The van der Waals surface area contributed by atoms with E-state index in [9.17, 15) is 8.42 Å². The molecule has 0 aromatic carbocycles. The Labute approximate surface area is 93.3 Å². The molecule has 0 rings (SSSR count). The second kappa shape index (κ2) is 7.19. The molecule has 0 saturated heterocycles. The van der Waals surface area contributed by atoms with Gasteiger partial charge in [0.25, 0.3) is 0 Å². The Morgan fingerprint density at radius 1 is 1.20 bits per heavy atom. The molecule has 0 radical (unpaired) electrons. The zero-order chi connectivity index (χ0) is 11.9. The maximum Gasteiger partial charge on any atom is 0.151 e. The van der Waals surface area contributed by atoms with E-state index in [0.717, 1.165) is 0 Å². The van der Waals surface area contributed by atoms with E-state index >= 15 is 0 Å². The van der Waals surface area contributed by atoms with Gasteiger partial charge in [-0.2, -0.15) is 0 Å². The van der Waals surface area contributed by atoms with E-state index < -0.39 is 9.84 Å². The Morgan fingerprint density at radius 2 is 1.80 bits per heavy atom. The minimum absolute atomic E-state index is 0.0228. The highest BCUT2D eigenvalue weighted by Gasteiger charge is 2.15. The smallest absolute Gasteiger partial charge is 0.151 e. The summed E-state index contributed by atoms with van der Waals surface area (Å²) in [5.74, 6) is 0.402. The number of hydrogen-bond donors (Lipinski definition) is 1. The van der Waals surface area contributed by atoms with Crippen molar-refractivity contribution in [1.29, 1.82) is 0 Å². The van der Waals surface area contributed by atoms with Gasteiger partial charge >= 0.3 is 0 Å². The van der Waals surface area contributed by atoms with E-state index in [-0.39, 0.29) is 23.6 Å². The number of rotatable bonds is 8. The first-order valence-electron chi connectivity index (χ1n) is 5.45. The zero-order valence-corrected chi connectivity index (χ0v) is 10.9. The topological polar surface area (TPSA) is 55.4 Å². The summed E-state index contributed by atoms with van der Waals surface area (Å²) in [7, 11) is -2.89. The van der Waals surface area contributed by atoms with Gasteiger partial charge in [-0.3, -0.25) is 0 Å². The van der Waals surface area contributed by atoms with Gasteiger partial charge in [-0.15, -0.1) is 0 Å². The quantitative estimate of drug-likeness (QED) is 0.679. The number of ether oxygens (including phenoxy) is 1. The Balaban J connectivity index is 3.87. The Morgan fingerprint density at radius 3 is 2.27 bits per heavy atom. The van der Waals surface area contributed by atoms with Crippen LogP contribution in [0, 0.1) is 0 Å². The molecule has 0 bridgehead atoms. The van der Waals surface area contributed by atoms with Crippen molar-refractivity contribution in [3.05, 3.63) is 0 Å². The first-order valence-corrected chi connectivity index (χ1v) is 7.27. The lowest BCUT2D eigenvalue weighted by atomic mass is 10.3. The molecule has 0 saturated carbocycles. The average molecular weight is 237 g/mol. The fraction of sp³-hybridized carbons (Fsp3) is 1.00. The average Bonchev–Trinajstić information content (AvgIpc) is 2.13. The molecular weight excluding hydrogens is 214 g/mol.